The predicted octanol–water partition coefficient (Wildman–Crippen LogP) is 5.51. The van der Waals surface area contributed by atoms with E-state index < -0.39 is 5.97 Å². The second-order valence-electron chi connectivity index (χ2n) is 8.36. The number of carboxylic acid groups (broad SMARTS) is 1. The summed E-state index contributed by atoms with van der Waals surface area (Å²) in [5, 5.41) is 16.1. The molecule has 2 N–H and O–H groups in total. The molecule has 0 unspecified atom stereocenters. The first-order valence-electron chi connectivity index (χ1n) is 11.4. The topological polar surface area (TPSA) is 110 Å². The number of carbonyl (C=O) groups is 1. The molecular weight excluding hydrogens is 444 g/mol. The van der Waals surface area contributed by atoms with Crippen LogP contribution in [-0.2, 0) is 16.1 Å². The van der Waals surface area contributed by atoms with Crippen LogP contribution in [0.1, 0.15) is 29.5 Å². The number of nitrogens with one attached hydrogen (secondary N) is 1. The standard InChI is InChI=1S/C27H28N4O4/c1-17-7-4-5-8-22(17)23-11-10-19(14-21(23)16-34-3)27-30-26(31-35-27)20-13-18(2)25(29-15-20)28-12-6-9-24(32)33/h4-5,7-8,10-11,13-15H,6,9,12,16H2,1-3H3,(H,28,29)(H,32,33). The third kappa shape index (κ3) is 5.73. The van der Waals surface area contributed by atoms with Crippen molar-refractivity contribution in [1.82, 2.24) is 15.1 Å². The molecule has 0 saturated heterocycles. The Balaban J connectivity index is 1.55. The van der Waals surface area contributed by atoms with E-state index in [-0.39, 0.29) is 6.42 Å². The van der Waals surface area contributed by atoms with Crippen LogP contribution in [0.2, 0.25) is 0 Å². The van der Waals surface area contributed by atoms with Crippen molar-refractivity contribution >= 4 is 11.8 Å². The number of rotatable bonds is 10. The first-order valence-corrected chi connectivity index (χ1v) is 11.4. The van der Waals surface area contributed by atoms with Gasteiger partial charge in [0.1, 0.15) is 5.82 Å². The highest BCUT2D eigenvalue weighted by Crippen LogP contribution is 2.32. The number of pyridine rings is 1. The number of aryl methyl sites for hydroxylation is 2. The van der Waals surface area contributed by atoms with Crippen LogP contribution in [0.5, 0.6) is 0 Å². The molecule has 0 spiro atoms. The number of benzene rings is 2. The second kappa shape index (κ2) is 10.9. The number of anilines is 1. The van der Waals surface area contributed by atoms with Crippen molar-refractivity contribution in [3.05, 3.63) is 71.4 Å². The van der Waals surface area contributed by atoms with Crippen LogP contribution in [0.3, 0.4) is 0 Å². The van der Waals surface area contributed by atoms with Crippen LogP contribution >= 0.6 is 0 Å². The summed E-state index contributed by atoms with van der Waals surface area (Å²) in [6.07, 6.45) is 2.33. The minimum Gasteiger partial charge on any atom is -0.481 e. The first-order chi connectivity index (χ1) is 17.0. The zero-order valence-electron chi connectivity index (χ0n) is 20.0. The average Bonchev–Trinajstić information content (AvgIpc) is 3.34. The third-order valence-electron chi connectivity index (χ3n) is 5.71. The zero-order valence-corrected chi connectivity index (χ0v) is 20.0. The molecule has 2 aromatic carbocycles. The van der Waals surface area contributed by atoms with E-state index in [0.717, 1.165) is 33.4 Å². The van der Waals surface area contributed by atoms with E-state index in [0.29, 0.717) is 37.1 Å². The highest BCUT2D eigenvalue weighted by atomic mass is 16.5. The molecular formula is C27H28N4O4. The molecule has 180 valence electrons. The fourth-order valence-corrected chi connectivity index (χ4v) is 3.93. The monoisotopic (exact) mass is 472 g/mol. The number of aliphatic carboxylic acids is 1. The molecule has 2 heterocycles. The SMILES string of the molecule is COCc1cc(-c2nc(-c3cnc(NCCCC(=O)O)c(C)c3)no2)ccc1-c1ccccc1C. The molecule has 0 atom stereocenters. The predicted molar refractivity (Wildman–Crippen MR) is 134 cm³/mol. The lowest BCUT2D eigenvalue weighted by Crippen LogP contribution is -2.07. The van der Waals surface area contributed by atoms with Crippen molar-refractivity contribution in [2.24, 2.45) is 0 Å². The number of hydrogen-bond acceptors (Lipinski definition) is 7. The number of hydrogen-bond donors (Lipinski definition) is 2. The van der Waals surface area contributed by atoms with E-state index in [9.17, 15) is 4.79 Å². The van der Waals surface area contributed by atoms with Gasteiger partial charge >= 0.3 is 5.97 Å². The van der Waals surface area contributed by atoms with Gasteiger partial charge in [-0.25, -0.2) is 4.98 Å². The molecule has 4 aromatic rings. The van der Waals surface area contributed by atoms with Gasteiger partial charge in [0.25, 0.3) is 5.89 Å². The summed E-state index contributed by atoms with van der Waals surface area (Å²) in [5.41, 5.74) is 6.97. The summed E-state index contributed by atoms with van der Waals surface area (Å²) in [4.78, 5) is 19.7. The van der Waals surface area contributed by atoms with Gasteiger partial charge in [-0.2, -0.15) is 4.98 Å². The summed E-state index contributed by atoms with van der Waals surface area (Å²) >= 11 is 0. The lowest BCUT2D eigenvalue weighted by atomic mass is 9.94. The highest BCUT2D eigenvalue weighted by molar-refractivity contribution is 5.74. The normalized spacial score (nSPS) is 10.9. The Hall–Kier alpha value is -4.04. The van der Waals surface area contributed by atoms with E-state index in [2.05, 4.69) is 45.6 Å². The van der Waals surface area contributed by atoms with Gasteiger partial charge in [0, 0.05) is 37.4 Å². The molecule has 2 aromatic heterocycles. The zero-order chi connectivity index (χ0) is 24.8. The van der Waals surface area contributed by atoms with Crippen LogP contribution in [0, 0.1) is 13.8 Å². The van der Waals surface area contributed by atoms with Gasteiger partial charge in [0.05, 0.1) is 6.61 Å². The molecule has 0 radical (unpaired) electrons. The molecule has 0 bridgehead atoms. The minimum atomic E-state index is -0.807. The van der Waals surface area contributed by atoms with Crippen LogP contribution in [0.25, 0.3) is 34.0 Å². The van der Waals surface area contributed by atoms with Gasteiger partial charge in [0.2, 0.25) is 5.82 Å². The molecule has 8 nitrogen and oxygen atoms in total. The summed E-state index contributed by atoms with van der Waals surface area (Å²) in [5.74, 6) is 0.768. The summed E-state index contributed by atoms with van der Waals surface area (Å²) < 4.78 is 11.0. The van der Waals surface area contributed by atoms with Crippen LogP contribution in [0.15, 0.2) is 59.3 Å². The van der Waals surface area contributed by atoms with Gasteiger partial charge in [-0.1, -0.05) is 35.5 Å². The quantitative estimate of drug-likeness (QED) is 0.291. The number of nitrogens with zero attached hydrogens (tertiary/aromatic N) is 3. The summed E-state index contributed by atoms with van der Waals surface area (Å²) in [6, 6.07) is 16.3. The number of carboxylic acids is 1. The molecule has 0 aliphatic rings. The van der Waals surface area contributed by atoms with Gasteiger partial charge in [0.15, 0.2) is 0 Å². The van der Waals surface area contributed by atoms with Gasteiger partial charge in [-0.05, 0) is 66.3 Å². The van der Waals surface area contributed by atoms with Crippen molar-refractivity contribution < 1.29 is 19.2 Å². The Morgan fingerprint density at radius 3 is 2.63 bits per heavy atom. The molecule has 0 saturated carbocycles. The van der Waals surface area contributed by atoms with Gasteiger partial charge < -0.3 is 19.7 Å². The Kier molecular flexibility index (Phi) is 7.52. The van der Waals surface area contributed by atoms with Crippen molar-refractivity contribution in [2.75, 3.05) is 19.0 Å². The van der Waals surface area contributed by atoms with Crippen LogP contribution < -0.4 is 5.32 Å². The van der Waals surface area contributed by atoms with Gasteiger partial charge in [-0.15, -0.1) is 0 Å². The fourth-order valence-electron chi connectivity index (χ4n) is 3.93. The lowest BCUT2D eigenvalue weighted by Gasteiger charge is -2.12. The lowest BCUT2D eigenvalue weighted by molar-refractivity contribution is -0.137. The van der Waals surface area contributed by atoms with E-state index >= 15 is 0 Å². The van der Waals surface area contributed by atoms with Gasteiger partial charge in [-0.3, -0.25) is 4.79 Å². The average molecular weight is 473 g/mol. The van der Waals surface area contributed by atoms with Crippen molar-refractivity contribution in [2.45, 2.75) is 33.3 Å². The Morgan fingerprint density at radius 2 is 1.89 bits per heavy atom. The molecule has 0 aliphatic carbocycles. The van der Waals surface area contributed by atoms with Crippen LogP contribution in [0.4, 0.5) is 5.82 Å². The highest BCUT2D eigenvalue weighted by Gasteiger charge is 2.15. The number of aromatic nitrogens is 3. The number of ether oxygens (including phenoxy) is 1. The molecule has 8 heteroatoms. The molecule has 0 fully saturated rings. The minimum absolute atomic E-state index is 0.119. The van der Waals surface area contributed by atoms with Crippen LogP contribution in [-0.4, -0.2) is 39.9 Å². The number of methoxy groups -OCH3 is 1. The third-order valence-corrected chi connectivity index (χ3v) is 5.71. The van der Waals surface area contributed by atoms with E-state index in [1.54, 1.807) is 13.3 Å². The molecule has 0 aliphatic heterocycles. The maximum atomic E-state index is 10.7. The van der Waals surface area contributed by atoms with E-state index in [4.69, 9.17) is 14.4 Å². The van der Waals surface area contributed by atoms with E-state index in [1.807, 2.05) is 37.3 Å². The molecule has 4 rings (SSSR count). The summed E-state index contributed by atoms with van der Waals surface area (Å²) in [7, 11) is 1.68. The van der Waals surface area contributed by atoms with E-state index in [1.165, 1.54) is 5.56 Å². The van der Waals surface area contributed by atoms with Crippen molar-refractivity contribution in [3.63, 3.8) is 0 Å². The second-order valence-corrected chi connectivity index (χ2v) is 8.36. The molecule has 0 amide bonds. The Morgan fingerprint density at radius 1 is 1.06 bits per heavy atom. The smallest absolute Gasteiger partial charge is 0.303 e. The van der Waals surface area contributed by atoms with Crippen molar-refractivity contribution in [1.29, 1.82) is 0 Å². The maximum absolute atomic E-state index is 10.7. The largest absolute Gasteiger partial charge is 0.481 e. The summed E-state index contributed by atoms with van der Waals surface area (Å²) in [6.45, 7) is 5.02. The van der Waals surface area contributed by atoms with Crippen molar-refractivity contribution in [3.8, 4) is 34.0 Å². The Bertz CT molecular complexity index is 1330. The first kappa shape index (κ1) is 24.1. The molecule has 35 heavy (non-hydrogen) atoms. The Labute approximate surface area is 204 Å². The fraction of sp³-hybridized carbons (Fsp3) is 0.259. The maximum Gasteiger partial charge on any atom is 0.303 e.